The van der Waals surface area contributed by atoms with Crippen molar-refractivity contribution in [3.63, 3.8) is 0 Å². The Morgan fingerprint density at radius 1 is 1.11 bits per heavy atom. The molecule has 2 aromatic heterocycles. The fourth-order valence-electron chi connectivity index (χ4n) is 3.10. The molecule has 0 unspecified atom stereocenters. The number of carbonyl (C=O) groups is 1. The van der Waals surface area contributed by atoms with Crippen molar-refractivity contribution >= 4 is 29.0 Å². The molecule has 0 aliphatic carbocycles. The largest absolute Gasteiger partial charge is 0.496 e. The van der Waals surface area contributed by atoms with E-state index in [0.717, 1.165) is 16.8 Å². The van der Waals surface area contributed by atoms with E-state index in [1.54, 1.807) is 31.4 Å². The molecule has 2 heterocycles. The van der Waals surface area contributed by atoms with Crippen LogP contribution in [0.5, 0.6) is 5.75 Å². The van der Waals surface area contributed by atoms with E-state index in [4.69, 9.17) is 21.3 Å². The molecule has 6 heteroatoms. The van der Waals surface area contributed by atoms with Gasteiger partial charge in [0.05, 0.1) is 7.11 Å². The van der Waals surface area contributed by atoms with E-state index in [2.05, 4.69) is 5.32 Å². The second-order valence-corrected chi connectivity index (χ2v) is 6.84. The molecule has 140 valence electrons. The van der Waals surface area contributed by atoms with Crippen LogP contribution in [0, 0.1) is 6.92 Å². The van der Waals surface area contributed by atoms with Gasteiger partial charge in [-0.2, -0.15) is 0 Å². The molecule has 2 aromatic carbocycles. The molecular weight excluding hydrogens is 374 g/mol. The number of para-hydroxylation sites is 1. The SMILES string of the molecule is COc1ccccc1-c1nc2cc(C)ccn2c1NC(=O)c1cccc(Cl)c1. The van der Waals surface area contributed by atoms with Gasteiger partial charge in [0.15, 0.2) is 0 Å². The summed E-state index contributed by atoms with van der Waals surface area (Å²) in [4.78, 5) is 17.6. The van der Waals surface area contributed by atoms with Crippen LogP contribution >= 0.6 is 11.6 Å². The number of hydrogen-bond acceptors (Lipinski definition) is 3. The number of carbonyl (C=O) groups excluding carboxylic acids is 1. The van der Waals surface area contributed by atoms with Crippen LogP contribution in [0.4, 0.5) is 5.82 Å². The number of ether oxygens (including phenoxy) is 1. The Morgan fingerprint density at radius 2 is 1.93 bits per heavy atom. The first-order chi connectivity index (χ1) is 13.6. The lowest BCUT2D eigenvalue weighted by Gasteiger charge is -2.10. The number of hydrogen-bond donors (Lipinski definition) is 1. The molecule has 1 amide bonds. The molecule has 0 spiro atoms. The minimum Gasteiger partial charge on any atom is -0.496 e. The van der Waals surface area contributed by atoms with Gasteiger partial charge in [-0.3, -0.25) is 9.20 Å². The molecule has 28 heavy (non-hydrogen) atoms. The number of methoxy groups -OCH3 is 1. The maximum absolute atomic E-state index is 12.9. The van der Waals surface area contributed by atoms with Crippen LogP contribution in [0.2, 0.25) is 5.02 Å². The zero-order valence-corrected chi connectivity index (χ0v) is 16.2. The van der Waals surface area contributed by atoms with Gasteiger partial charge < -0.3 is 10.1 Å². The van der Waals surface area contributed by atoms with Crippen molar-refractivity contribution < 1.29 is 9.53 Å². The van der Waals surface area contributed by atoms with Gasteiger partial charge in [-0.15, -0.1) is 0 Å². The van der Waals surface area contributed by atoms with Crippen LogP contribution < -0.4 is 10.1 Å². The first-order valence-corrected chi connectivity index (χ1v) is 9.13. The normalized spacial score (nSPS) is 10.8. The zero-order valence-electron chi connectivity index (χ0n) is 15.4. The highest BCUT2D eigenvalue weighted by Crippen LogP contribution is 2.35. The summed E-state index contributed by atoms with van der Waals surface area (Å²) < 4.78 is 7.36. The summed E-state index contributed by atoms with van der Waals surface area (Å²) in [5, 5.41) is 3.50. The Balaban J connectivity index is 1.87. The summed E-state index contributed by atoms with van der Waals surface area (Å²) in [5.74, 6) is 0.992. The Hall–Kier alpha value is -3.31. The summed E-state index contributed by atoms with van der Waals surface area (Å²) in [6.07, 6.45) is 1.89. The van der Waals surface area contributed by atoms with Crippen LogP contribution in [0.3, 0.4) is 0 Å². The van der Waals surface area contributed by atoms with Gasteiger partial charge >= 0.3 is 0 Å². The van der Waals surface area contributed by atoms with E-state index in [1.165, 1.54) is 0 Å². The average molecular weight is 392 g/mol. The number of benzene rings is 2. The number of imidazole rings is 1. The average Bonchev–Trinajstić information content (AvgIpc) is 3.05. The summed E-state index contributed by atoms with van der Waals surface area (Å²) in [5.41, 5.74) is 3.73. The zero-order chi connectivity index (χ0) is 19.7. The third kappa shape index (κ3) is 3.32. The third-order valence-corrected chi connectivity index (χ3v) is 4.70. The number of aryl methyl sites for hydroxylation is 1. The summed E-state index contributed by atoms with van der Waals surface area (Å²) >= 11 is 6.04. The predicted molar refractivity (Wildman–Crippen MR) is 111 cm³/mol. The number of halogens is 1. The number of anilines is 1. The quantitative estimate of drug-likeness (QED) is 0.518. The van der Waals surface area contributed by atoms with E-state index < -0.39 is 0 Å². The van der Waals surface area contributed by atoms with Crippen molar-refractivity contribution in [3.8, 4) is 17.0 Å². The first kappa shape index (κ1) is 18.1. The number of rotatable bonds is 4. The van der Waals surface area contributed by atoms with Crippen molar-refractivity contribution in [2.75, 3.05) is 12.4 Å². The highest BCUT2D eigenvalue weighted by molar-refractivity contribution is 6.31. The van der Waals surface area contributed by atoms with Gasteiger partial charge in [0.25, 0.3) is 5.91 Å². The van der Waals surface area contributed by atoms with E-state index in [-0.39, 0.29) is 5.91 Å². The Bertz CT molecular complexity index is 1180. The molecule has 0 aliphatic rings. The molecule has 4 aromatic rings. The van der Waals surface area contributed by atoms with Crippen molar-refractivity contribution in [2.45, 2.75) is 6.92 Å². The fourth-order valence-corrected chi connectivity index (χ4v) is 3.29. The number of nitrogens with one attached hydrogen (secondary N) is 1. The predicted octanol–water partition coefficient (Wildman–Crippen LogP) is 5.22. The third-order valence-electron chi connectivity index (χ3n) is 4.46. The highest BCUT2D eigenvalue weighted by Gasteiger charge is 2.20. The van der Waals surface area contributed by atoms with E-state index in [0.29, 0.717) is 27.8 Å². The van der Waals surface area contributed by atoms with Gasteiger partial charge in [0, 0.05) is 22.3 Å². The number of nitrogens with zero attached hydrogens (tertiary/aromatic N) is 2. The highest BCUT2D eigenvalue weighted by atomic mass is 35.5. The Kier molecular flexibility index (Phi) is 4.75. The number of aromatic nitrogens is 2. The van der Waals surface area contributed by atoms with Gasteiger partial charge in [0.1, 0.15) is 22.9 Å². The standard InChI is InChI=1S/C22H18ClN3O2/c1-14-10-11-26-19(12-14)24-20(17-8-3-4-9-18(17)28-2)21(26)25-22(27)15-6-5-7-16(23)13-15/h3-13H,1-2H3,(H,25,27). The summed E-state index contributed by atoms with van der Waals surface area (Å²) in [7, 11) is 1.61. The van der Waals surface area contributed by atoms with Crippen LogP contribution in [0.25, 0.3) is 16.9 Å². The maximum atomic E-state index is 12.9. The molecule has 4 rings (SSSR count). The molecule has 5 nitrogen and oxygen atoms in total. The maximum Gasteiger partial charge on any atom is 0.256 e. The molecule has 1 N–H and O–H groups in total. The Morgan fingerprint density at radius 3 is 2.71 bits per heavy atom. The second kappa shape index (κ2) is 7.37. The smallest absolute Gasteiger partial charge is 0.256 e. The molecular formula is C22H18ClN3O2. The fraction of sp³-hybridized carbons (Fsp3) is 0.0909. The molecule has 0 aliphatic heterocycles. The summed E-state index contributed by atoms with van der Waals surface area (Å²) in [6.45, 7) is 2.00. The van der Waals surface area contributed by atoms with Crippen molar-refractivity contribution in [1.82, 2.24) is 9.38 Å². The van der Waals surface area contributed by atoms with Gasteiger partial charge in [0.2, 0.25) is 0 Å². The lowest BCUT2D eigenvalue weighted by Crippen LogP contribution is -2.14. The molecule has 0 radical (unpaired) electrons. The number of pyridine rings is 1. The van der Waals surface area contributed by atoms with E-state index in [1.807, 2.05) is 53.9 Å². The Labute approximate surface area is 167 Å². The summed E-state index contributed by atoms with van der Waals surface area (Å²) in [6, 6.07) is 18.4. The lowest BCUT2D eigenvalue weighted by molar-refractivity contribution is 0.102. The molecule has 0 saturated carbocycles. The molecule has 0 fully saturated rings. The van der Waals surface area contributed by atoms with E-state index >= 15 is 0 Å². The molecule has 0 saturated heterocycles. The van der Waals surface area contributed by atoms with Crippen LogP contribution in [0.1, 0.15) is 15.9 Å². The number of fused-ring (bicyclic) bond motifs is 1. The molecule has 0 atom stereocenters. The van der Waals surface area contributed by atoms with Gasteiger partial charge in [-0.1, -0.05) is 29.8 Å². The van der Waals surface area contributed by atoms with Gasteiger partial charge in [-0.25, -0.2) is 4.98 Å². The molecule has 0 bridgehead atoms. The minimum absolute atomic E-state index is 0.263. The van der Waals surface area contributed by atoms with Crippen molar-refractivity contribution in [2.24, 2.45) is 0 Å². The number of amides is 1. The first-order valence-electron chi connectivity index (χ1n) is 8.76. The monoisotopic (exact) mass is 391 g/mol. The van der Waals surface area contributed by atoms with Crippen molar-refractivity contribution in [3.05, 3.63) is 83.0 Å². The second-order valence-electron chi connectivity index (χ2n) is 6.41. The lowest BCUT2D eigenvalue weighted by atomic mass is 10.1. The van der Waals surface area contributed by atoms with Gasteiger partial charge in [-0.05, 0) is 55.0 Å². The van der Waals surface area contributed by atoms with Crippen LogP contribution in [0.15, 0.2) is 66.9 Å². The van der Waals surface area contributed by atoms with Crippen LogP contribution in [-0.2, 0) is 0 Å². The minimum atomic E-state index is -0.263. The van der Waals surface area contributed by atoms with Crippen molar-refractivity contribution in [1.29, 1.82) is 0 Å². The van der Waals surface area contributed by atoms with Crippen LogP contribution in [-0.4, -0.2) is 22.4 Å². The van der Waals surface area contributed by atoms with E-state index in [9.17, 15) is 4.79 Å². The topological polar surface area (TPSA) is 55.6 Å².